The number of aromatic nitrogens is 4. The maximum atomic E-state index is 13.1. The zero-order valence-corrected chi connectivity index (χ0v) is 22.5. The quantitative estimate of drug-likeness (QED) is 0.260. The molecule has 0 radical (unpaired) electrons. The van der Waals surface area contributed by atoms with E-state index in [1.807, 2.05) is 19.7 Å². The SMILES string of the molecule is CC[C@@]12CN(OCCF)[C@@H]([C@H](n3cnc4c(NC(=O)c5ccccc5)ncnc43)O1)[C@@H]2OP(C)OCCC#N. The minimum absolute atomic E-state index is 0.0994. The molecule has 1 unspecified atom stereocenters. The minimum Gasteiger partial charge on any atom is -0.345 e. The molecule has 4 heterocycles. The van der Waals surface area contributed by atoms with Crippen molar-refractivity contribution in [1.29, 1.82) is 5.26 Å². The highest BCUT2D eigenvalue weighted by Crippen LogP contribution is 2.54. The first kappa shape index (κ1) is 27.5. The first-order valence-corrected chi connectivity index (χ1v) is 14.2. The van der Waals surface area contributed by atoms with Crippen LogP contribution in [-0.2, 0) is 18.6 Å². The zero-order chi connectivity index (χ0) is 27.4. The molecular weight excluding hydrogens is 528 g/mol. The van der Waals surface area contributed by atoms with Gasteiger partial charge in [0, 0.05) is 12.2 Å². The molecule has 2 bridgehead atoms. The molecule has 5 atom stereocenters. The highest BCUT2D eigenvalue weighted by molar-refractivity contribution is 7.46. The fraction of sp³-hybridized carbons (Fsp3) is 0.480. The summed E-state index contributed by atoms with van der Waals surface area (Å²) in [6.07, 6.45) is 2.70. The van der Waals surface area contributed by atoms with Gasteiger partial charge in [0.2, 0.25) is 0 Å². The number of fused-ring (bicyclic) bond motifs is 3. The van der Waals surface area contributed by atoms with Crippen LogP contribution in [0.1, 0.15) is 36.4 Å². The van der Waals surface area contributed by atoms with E-state index in [0.717, 1.165) is 0 Å². The number of alkyl halides is 1. The van der Waals surface area contributed by atoms with Crippen LogP contribution < -0.4 is 5.32 Å². The number of nitriles is 1. The molecule has 2 aliphatic heterocycles. The summed E-state index contributed by atoms with van der Waals surface area (Å²) in [4.78, 5) is 31.7. The van der Waals surface area contributed by atoms with Gasteiger partial charge >= 0.3 is 0 Å². The highest BCUT2D eigenvalue weighted by atomic mass is 31.2. The van der Waals surface area contributed by atoms with Crippen LogP contribution in [0.5, 0.6) is 0 Å². The van der Waals surface area contributed by atoms with Crippen molar-refractivity contribution >= 4 is 31.3 Å². The molecule has 0 aliphatic carbocycles. The molecule has 1 N–H and O–H groups in total. The Bertz CT molecular complexity index is 1340. The number of benzene rings is 1. The lowest BCUT2D eigenvalue weighted by molar-refractivity contribution is -0.248. The standard InChI is InChI=1S/C25H29FN7O5P/c1-3-25-14-33(35-13-10-26)19(20(25)38-39(2)36-12-7-11-27)24(37-25)32-16-30-18-21(28-15-29-22(18)32)31-23(34)17-8-5-4-6-9-17/h4-6,8-9,15-16,19-20,24H,3,7,10,12-14H2,1-2H3,(H,28,29,31,34)/t19-,20+,24-,25+,39?/m1/s1. The molecule has 2 aromatic heterocycles. The second-order valence-electron chi connectivity index (χ2n) is 9.09. The Morgan fingerprint density at radius 1 is 1.31 bits per heavy atom. The van der Waals surface area contributed by atoms with Crippen molar-refractivity contribution in [3.05, 3.63) is 48.5 Å². The van der Waals surface area contributed by atoms with Crippen molar-refractivity contribution in [3.8, 4) is 6.07 Å². The third-order valence-electron chi connectivity index (χ3n) is 6.81. The van der Waals surface area contributed by atoms with Gasteiger partial charge in [-0.3, -0.25) is 14.2 Å². The van der Waals surface area contributed by atoms with Gasteiger partial charge in [0.1, 0.15) is 30.7 Å². The van der Waals surface area contributed by atoms with Gasteiger partial charge in [-0.2, -0.15) is 10.3 Å². The van der Waals surface area contributed by atoms with Crippen LogP contribution in [-0.4, -0.2) is 81.3 Å². The van der Waals surface area contributed by atoms with Crippen LogP contribution in [0, 0.1) is 11.3 Å². The molecule has 14 heteroatoms. The van der Waals surface area contributed by atoms with E-state index < -0.39 is 39.0 Å². The molecule has 5 rings (SSSR count). The van der Waals surface area contributed by atoms with Crippen molar-refractivity contribution in [2.75, 3.05) is 38.4 Å². The van der Waals surface area contributed by atoms with Gasteiger partial charge < -0.3 is 19.1 Å². The Labute approximate surface area is 225 Å². The van der Waals surface area contributed by atoms with E-state index in [-0.39, 0.29) is 31.4 Å². The number of amides is 1. The molecule has 2 fully saturated rings. The molecule has 0 saturated carbocycles. The lowest BCUT2D eigenvalue weighted by Gasteiger charge is -2.36. The number of rotatable bonds is 12. The molecule has 3 aromatic rings. The number of hydrogen-bond acceptors (Lipinski definition) is 10. The average Bonchev–Trinajstić information content (AvgIpc) is 3.61. The smallest absolute Gasteiger partial charge is 0.256 e. The van der Waals surface area contributed by atoms with Crippen molar-refractivity contribution in [2.45, 2.75) is 43.7 Å². The number of hydroxylamine groups is 2. The average molecular weight is 558 g/mol. The monoisotopic (exact) mass is 557 g/mol. The van der Waals surface area contributed by atoms with Crippen molar-refractivity contribution in [3.63, 3.8) is 0 Å². The van der Waals surface area contributed by atoms with Crippen LogP contribution in [0.3, 0.4) is 0 Å². The minimum atomic E-state index is -1.32. The summed E-state index contributed by atoms with van der Waals surface area (Å²) in [5.41, 5.74) is 0.573. The van der Waals surface area contributed by atoms with E-state index in [4.69, 9.17) is 23.9 Å². The number of imidazole rings is 1. The van der Waals surface area contributed by atoms with Gasteiger partial charge in [0.05, 0.1) is 38.6 Å². The summed E-state index contributed by atoms with van der Waals surface area (Å²) >= 11 is 0. The maximum Gasteiger partial charge on any atom is 0.256 e. The van der Waals surface area contributed by atoms with E-state index in [1.165, 1.54) is 6.33 Å². The summed E-state index contributed by atoms with van der Waals surface area (Å²) in [5, 5.41) is 13.3. The van der Waals surface area contributed by atoms with Crippen LogP contribution in [0.15, 0.2) is 43.0 Å². The highest BCUT2D eigenvalue weighted by Gasteiger charge is 2.65. The van der Waals surface area contributed by atoms with E-state index in [9.17, 15) is 9.18 Å². The predicted octanol–water partition coefficient (Wildman–Crippen LogP) is 3.60. The van der Waals surface area contributed by atoms with Crippen LogP contribution in [0.4, 0.5) is 10.2 Å². The number of ether oxygens (including phenoxy) is 1. The van der Waals surface area contributed by atoms with Gasteiger partial charge in [-0.1, -0.05) is 25.1 Å². The summed E-state index contributed by atoms with van der Waals surface area (Å²) in [6, 6.07) is 10.4. The molecular formula is C25H29FN7O5P. The molecule has 2 aliphatic rings. The molecule has 0 spiro atoms. The molecule has 12 nitrogen and oxygen atoms in total. The Kier molecular flexibility index (Phi) is 8.42. The van der Waals surface area contributed by atoms with Gasteiger partial charge in [-0.25, -0.2) is 19.3 Å². The Balaban J connectivity index is 1.44. The summed E-state index contributed by atoms with van der Waals surface area (Å²) < 4.78 is 33.6. The van der Waals surface area contributed by atoms with E-state index in [1.54, 1.807) is 40.2 Å². The number of nitrogens with zero attached hydrogens (tertiary/aromatic N) is 6. The van der Waals surface area contributed by atoms with Crippen LogP contribution >= 0.6 is 8.38 Å². The molecule has 39 heavy (non-hydrogen) atoms. The van der Waals surface area contributed by atoms with Crippen molar-refractivity contribution in [1.82, 2.24) is 24.6 Å². The predicted molar refractivity (Wildman–Crippen MR) is 139 cm³/mol. The van der Waals surface area contributed by atoms with Gasteiger partial charge in [0.25, 0.3) is 5.91 Å². The van der Waals surface area contributed by atoms with Gasteiger partial charge in [-0.15, -0.1) is 0 Å². The lowest BCUT2D eigenvalue weighted by Crippen LogP contribution is -2.45. The maximum absolute atomic E-state index is 13.1. The van der Waals surface area contributed by atoms with Crippen LogP contribution in [0.25, 0.3) is 11.2 Å². The topological polar surface area (TPSA) is 137 Å². The van der Waals surface area contributed by atoms with E-state index >= 15 is 0 Å². The van der Waals surface area contributed by atoms with Gasteiger partial charge in [0.15, 0.2) is 31.6 Å². The molecule has 2 saturated heterocycles. The third kappa shape index (κ3) is 5.36. The second-order valence-corrected chi connectivity index (χ2v) is 10.4. The number of anilines is 1. The summed E-state index contributed by atoms with van der Waals surface area (Å²) in [5.74, 6) is -0.0551. The summed E-state index contributed by atoms with van der Waals surface area (Å²) in [6.45, 7) is 3.74. The zero-order valence-electron chi connectivity index (χ0n) is 21.6. The fourth-order valence-corrected chi connectivity index (χ4v) is 6.04. The fourth-order valence-electron chi connectivity index (χ4n) is 5.00. The number of carbonyl (C=O) groups excluding carboxylic acids is 1. The normalized spacial score (nSPS) is 25.1. The van der Waals surface area contributed by atoms with E-state index in [0.29, 0.717) is 29.7 Å². The Hall–Kier alpha value is -3.11. The Morgan fingerprint density at radius 3 is 2.87 bits per heavy atom. The first-order valence-electron chi connectivity index (χ1n) is 12.6. The van der Waals surface area contributed by atoms with Crippen molar-refractivity contribution < 1.29 is 27.8 Å². The number of hydrogen-bond donors (Lipinski definition) is 1. The number of carbonyl (C=O) groups is 1. The third-order valence-corrected chi connectivity index (χ3v) is 7.89. The lowest BCUT2D eigenvalue weighted by atomic mass is 9.96. The molecule has 1 aromatic carbocycles. The van der Waals surface area contributed by atoms with E-state index in [2.05, 4.69) is 26.3 Å². The molecule has 1 amide bonds. The largest absolute Gasteiger partial charge is 0.345 e. The first-order chi connectivity index (χ1) is 19.0. The number of morpholine rings is 1. The van der Waals surface area contributed by atoms with Crippen molar-refractivity contribution in [2.24, 2.45) is 0 Å². The number of nitrogens with one attached hydrogen (secondary N) is 1. The number of halogens is 1. The summed E-state index contributed by atoms with van der Waals surface area (Å²) in [7, 11) is -1.32. The second kappa shape index (κ2) is 12.0. The Morgan fingerprint density at radius 2 is 2.13 bits per heavy atom. The molecule has 206 valence electrons. The van der Waals surface area contributed by atoms with Gasteiger partial charge in [-0.05, 0) is 18.6 Å². The van der Waals surface area contributed by atoms with Crippen LogP contribution in [0.2, 0.25) is 0 Å².